The fourth-order valence-electron chi connectivity index (χ4n) is 2.69. The summed E-state index contributed by atoms with van der Waals surface area (Å²) in [6.45, 7) is 1.98. The standard InChI is InChI=1S/C18H16N2O2.H2/c1-11-8-15-14(9-17(11)22-3)18(16(10-19)20-15)12-4-6-13(21-2)7-5-12;/h4-9,20H,1-3H3;1H. The lowest BCUT2D eigenvalue weighted by atomic mass is 10.0. The van der Waals surface area contributed by atoms with Gasteiger partial charge in [0.1, 0.15) is 23.3 Å². The Bertz CT molecular complexity index is 877. The number of nitriles is 1. The van der Waals surface area contributed by atoms with Crippen molar-refractivity contribution < 1.29 is 10.9 Å². The number of aryl methyl sites for hydroxylation is 1. The van der Waals surface area contributed by atoms with E-state index in [0.29, 0.717) is 5.69 Å². The van der Waals surface area contributed by atoms with Gasteiger partial charge in [-0.1, -0.05) is 12.1 Å². The molecule has 0 aliphatic heterocycles. The van der Waals surface area contributed by atoms with Crippen molar-refractivity contribution in [1.29, 1.82) is 5.26 Å². The van der Waals surface area contributed by atoms with E-state index >= 15 is 0 Å². The number of hydrogen-bond donors (Lipinski definition) is 1. The van der Waals surface area contributed by atoms with Crippen LogP contribution < -0.4 is 9.47 Å². The summed E-state index contributed by atoms with van der Waals surface area (Å²) in [5, 5.41) is 10.4. The number of ether oxygens (including phenoxy) is 2. The van der Waals surface area contributed by atoms with Gasteiger partial charge in [0.15, 0.2) is 0 Å². The fraction of sp³-hybridized carbons (Fsp3) is 0.167. The number of aromatic amines is 1. The van der Waals surface area contributed by atoms with Crippen LogP contribution in [0.4, 0.5) is 0 Å². The Labute approximate surface area is 130 Å². The van der Waals surface area contributed by atoms with Crippen LogP contribution in [0.25, 0.3) is 22.0 Å². The Balaban J connectivity index is 0.00000192. The number of hydrogen-bond acceptors (Lipinski definition) is 3. The van der Waals surface area contributed by atoms with Crippen LogP contribution in [0.15, 0.2) is 36.4 Å². The third-order valence-electron chi connectivity index (χ3n) is 3.80. The molecule has 1 heterocycles. The van der Waals surface area contributed by atoms with Gasteiger partial charge in [-0.05, 0) is 42.3 Å². The minimum atomic E-state index is 0. The lowest BCUT2D eigenvalue weighted by molar-refractivity contribution is 0.412. The van der Waals surface area contributed by atoms with Crippen molar-refractivity contribution in [3.63, 3.8) is 0 Å². The molecule has 0 spiro atoms. The first-order valence-corrected chi connectivity index (χ1v) is 6.92. The molecule has 2 aromatic carbocycles. The molecular formula is C18H18N2O2. The van der Waals surface area contributed by atoms with Crippen LogP contribution in [0.5, 0.6) is 11.5 Å². The van der Waals surface area contributed by atoms with Crippen molar-refractivity contribution in [2.24, 2.45) is 0 Å². The predicted molar refractivity (Wildman–Crippen MR) is 88.4 cm³/mol. The van der Waals surface area contributed by atoms with Crippen molar-refractivity contribution in [1.82, 2.24) is 4.98 Å². The van der Waals surface area contributed by atoms with E-state index in [1.807, 2.05) is 43.3 Å². The molecule has 0 unspecified atom stereocenters. The molecule has 4 heteroatoms. The third kappa shape index (κ3) is 2.17. The van der Waals surface area contributed by atoms with Crippen LogP contribution in [-0.4, -0.2) is 19.2 Å². The van der Waals surface area contributed by atoms with E-state index in [2.05, 4.69) is 11.1 Å². The molecule has 112 valence electrons. The van der Waals surface area contributed by atoms with Gasteiger partial charge in [-0.15, -0.1) is 0 Å². The highest BCUT2D eigenvalue weighted by molar-refractivity contribution is 5.99. The van der Waals surface area contributed by atoms with Crippen LogP contribution in [0.1, 0.15) is 12.7 Å². The quantitative estimate of drug-likeness (QED) is 0.784. The van der Waals surface area contributed by atoms with E-state index in [9.17, 15) is 5.26 Å². The van der Waals surface area contributed by atoms with Crippen LogP contribution >= 0.6 is 0 Å². The van der Waals surface area contributed by atoms with Crippen LogP contribution in [0, 0.1) is 18.3 Å². The molecule has 1 aromatic heterocycles. The summed E-state index contributed by atoms with van der Waals surface area (Å²) in [5.41, 5.74) is 4.36. The summed E-state index contributed by atoms with van der Waals surface area (Å²) in [4.78, 5) is 3.19. The Hall–Kier alpha value is -2.93. The Morgan fingerprint density at radius 1 is 1.09 bits per heavy atom. The van der Waals surface area contributed by atoms with Crippen LogP contribution in [-0.2, 0) is 0 Å². The molecule has 0 fully saturated rings. The maximum absolute atomic E-state index is 9.44. The highest BCUT2D eigenvalue weighted by Crippen LogP contribution is 2.36. The Morgan fingerprint density at radius 3 is 2.41 bits per heavy atom. The van der Waals surface area contributed by atoms with E-state index in [4.69, 9.17) is 9.47 Å². The van der Waals surface area contributed by atoms with Crippen molar-refractivity contribution in [2.45, 2.75) is 6.92 Å². The number of benzene rings is 2. The van der Waals surface area contributed by atoms with Crippen LogP contribution in [0.2, 0.25) is 0 Å². The van der Waals surface area contributed by atoms with Crippen molar-refractivity contribution >= 4 is 10.9 Å². The second-order valence-electron chi connectivity index (χ2n) is 5.08. The zero-order chi connectivity index (χ0) is 15.7. The number of H-pyrrole nitrogens is 1. The lowest BCUT2D eigenvalue weighted by Crippen LogP contribution is -1.87. The molecule has 0 amide bonds. The van der Waals surface area contributed by atoms with Crippen LogP contribution in [0.3, 0.4) is 0 Å². The summed E-state index contributed by atoms with van der Waals surface area (Å²) in [6, 6.07) is 13.9. The number of methoxy groups -OCH3 is 2. The smallest absolute Gasteiger partial charge is 0.126 e. The number of rotatable bonds is 3. The van der Waals surface area contributed by atoms with Gasteiger partial charge in [0, 0.05) is 17.9 Å². The number of aromatic nitrogens is 1. The summed E-state index contributed by atoms with van der Waals surface area (Å²) in [6.07, 6.45) is 0. The van der Waals surface area contributed by atoms with E-state index in [1.165, 1.54) is 0 Å². The maximum atomic E-state index is 9.44. The van der Waals surface area contributed by atoms with Gasteiger partial charge in [0.05, 0.1) is 14.2 Å². The molecule has 1 N–H and O–H groups in total. The van der Waals surface area contributed by atoms with Gasteiger partial charge in [0.25, 0.3) is 0 Å². The second kappa shape index (κ2) is 5.45. The zero-order valence-corrected chi connectivity index (χ0v) is 12.7. The van der Waals surface area contributed by atoms with Crippen molar-refractivity contribution in [3.8, 4) is 28.7 Å². The number of nitrogens with one attached hydrogen (secondary N) is 1. The monoisotopic (exact) mass is 294 g/mol. The second-order valence-corrected chi connectivity index (χ2v) is 5.08. The minimum Gasteiger partial charge on any atom is -0.497 e. The SMILES string of the molecule is COc1ccc(-c2c(C#N)[nH]c3cc(C)c(OC)cc23)cc1.[HH]. The number of fused-ring (bicyclic) bond motifs is 1. The summed E-state index contributed by atoms with van der Waals surface area (Å²) >= 11 is 0. The van der Waals surface area contributed by atoms with Gasteiger partial charge in [-0.3, -0.25) is 0 Å². The first-order chi connectivity index (χ1) is 10.7. The number of nitrogens with zero attached hydrogens (tertiary/aromatic N) is 1. The molecule has 3 rings (SSSR count). The first-order valence-electron chi connectivity index (χ1n) is 6.92. The third-order valence-corrected chi connectivity index (χ3v) is 3.80. The topological polar surface area (TPSA) is 58.0 Å². The molecule has 0 atom stereocenters. The highest BCUT2D eigenvalue weighted by Gasteiger charge is 2.15. The first kappa shape index (κ1) is 14.0. The lowest BCUT2D eigenvalue weighted by Gasteiger charge is -2.06. The normalized spacial score (nSPS) is 10.5. The predicted octanol–water partition coefficient (Wildman–Crippen LogP) is 4.28. The molecule has 0 saturated carbocycles. The largest absolute Gasteiger partial charge is 0.497 e. The van der Waals surface area contributed by atoms with Crippen molar-refractivity contribution in [2.75, 3.05) is 14.2 Å². The van der Waals surface area contributed by atoms with E-state index in [-0.39, 0.29) is 1.43 Å². The molecule has 3 aromatic rings. The van der Waals surface area contributed by atoms with E-state index < -0.39 is 0 Å². The molecule has 0 aliphatic carbocycles. The zero-order valence-electron chi connectivity index (χ0n) is 12.7. The molecule has 22 heavy (non-hydrogen) atoms. The summed E-state index contributed by atoms with van der Waals surface area (Å²) < 4.78 is 10.6. The molecule has 0 aliphatic rings. The average molecular weight is 294 g/mol. The molecule has 4 nitrogen and oxygen atoms in total. The van der Waals surface area contributed by atoms with Crippen molar-refractivity contribution in [3.05, 3.63) is 47.7 Å². The van der Waals surface area contributed by atoms with E-state index in [1.54, 1.807) is 14.2 Å². The van der Waals surface area contributed by atoms with E-state index in [0.717, 1.165) is 39.1 Å². The average Bonchev–Trinajstić information content (AvgIpc) is 2.91. The van der Waals surface area contributed by atoms with Gasteiger partial charge in [-0.25, -0.2) is 0 Å². The molecule has 0 radical (unpaired) electrons. The van der Waals surface area contributed by atoms with Gasteiger partial charge in [-0.2, -0.15) is 5.26 Å². The molecular weight excluding hydrogens is 276 g/mol. The minimum absolute atomic E-state index is 0. The van der Waals surface area contributed by atoms with Gasteiger partial charge in [0.2, 0.25) is 0 Å². The Morgan fingerprint density at radius 2 is 1.82 bits per heavy atom. The van der Waals surface area contributed by atoms with Gasteiger partial charge < -0.3 is 14.5 Å². The fourth-order valence-corrected chi connectivity index (χ4v) is 2.69. The highest BCUT2D eigenvalue weighted by atomic mass is 16.5. The summed E-state index contributed by atoms with van der Waals surface area (Å²) in [5.74, 6) is 1.60. The summed E-state index contributed by atoms with van der Waals surface area (Å²) in [7, 11) is 3.29. The maximum Gasteiger partial charge on any atom is 0.126 e. The Kier molecular flexibility index (Phi) is 3.48. The van der Waals surface area contributed by atoms with Gasteiger partial charge >= 0.3 is 0 Å². The molecule has 0 bridgehead atoms. The molecule has 0 saturated heterocycles.